The van der Waals surface area contributed by atoms with Gasteiger partial charge in [0.25, 0.3) is 0 Å². The van der Waals surface area contributed by atoms with Crippen molar-refractivity contribution in [2.45, 2.75) is 13.8 Å². The number of hydrogen-bond acceptors (Lipinski definition) is 4. The van der Waals surface area contributed by atoms with Crippen LogP contribution in [0.25, 0.3) is 0 Å². The van der Waals surface area contributed by atoms with Crippen molar-refractivity contribution in [3.05, 3.63) is 47.2 Å². The van der Waals surface area contributed by atoms with Gasteiger partial charge >= 0.3 is 5.97 Å². The molecule has 0 aliphatic heterocycles. The van der Waals surface area contributed by atoms with E-state index < -0.39 is 5.97 Å². The van der Waals surface area contributed by atoms with E-state index in [1.54, 1.807) is 6.07 Å². The molecule has 0 bridgehead atoms. The molecule has 1 aromatic carbocycles. The van der Waals surface area contributed by atoms with Gasteiger partial charge in [-0.3, -0.25) is 0 Å². The molecular formula is C14H15N3O2. The van der Waals surface area contributed by atoms with Crippen LogP contribution < -0.4 is 4.90 Å². The van der Waals surface area contributed by atoms with Crippen molar-refractivity contribution >= 4 is 17.5 Å². The summed E-state index contributed by atoms with van der Waals surface area (Å²) in [6.45, 7) is 4.06. The minimum atomic E-state index is -1.08. The lowest BCUT2D eigenvalue weighted by Gasteiger charge is -2.18. The van der Waals surface area contributed by atoms with Gasteiger partial charge in [0.1, 0.15) is 0 Å². The molecule has 1 aromatic heterocycles. The summed E-state index contributed by atoms with van der Waals surface area (Å²) >= 11 is 0. The SMILES string of the molecule is Cc1cc(C)cc(N(C)c2ccc(C(=O)O)nn2)c1. The van der Waals surface area contributed by atoms with Crippen LogP contribution in [-0.2, 0) is 0 Å². The van der Waals surface area contributed by atoms with Crippen LogP contribution in [0.1, 0.15) is 21.6 Å². The predicted octanol–water partition coefficient (Wildman–Crippen LogP) is 2.56. The molecule has 1 N–H and O–H groups in total. The summed E-state index contributed by atoms with van der Waals surface area (Å²) in [6, 6.07) is 9.27. The Balaban J connectivity index is 2.32. The monoisotopic (exact) mass is 257 g/mol. The Morgan fingerprint density at radius 3 is 2.21 bits per heavy atom. The number of anilines is 2. The highest BCUT2D eigenvalue weighted by Crippen LogP contribution is 2.23. The Morgan fingerprint density at radius 1 is 1.11 bits per heavy atom. The fraction of sp³-hybridized carbons (Fsp3) is 0.214. The fourth-order valence-corrected chi connectivity index (χ4v) is 1.89. The van der Waals surface area contributed by atoms with E-state index in [1.807, 2.05) is 37.9 Å². The molecule has 0 unspecified atom stereocenters. The molecule has 0 aliphatic rings. The molecule has 0 saturated heterocycles. The molecular weight excluding hydrogens is 242 g/mol. The first-order valence-electron chi connectivity index (χ1n) is 5.86. The second-order valence-corrected chi connectivity index (χ2v) is 4.49. The van der Waals surface area contributed by atoms with Gasteiger partial charge in [-0.15, -0.1) is 10.2 Å². The van der Waals surface area contributed by atoms with Crippen molar-refractivity contribution < 1.29 is 9.90 Å². The summed E-state index contributed by atoms with van der Waals surface area (Å²) in [6.07, 6.45) is 0. The summed E-state index contributed by atoms with van der Waals surface area (Å²) in [5, 5.41) is 16.4. The van der Waals surface area contributed by atoms with E-state index in [0.717, 1.165) is 16.8 Å². The van der Waals surface area contributed by atoms with Gasteiger partial charge in [0.15, 0.2) is 11.5 Å². The molecule has 0 amide bonds. The zero-order valence-corrected chi connectivity index (χ0v) is 11.1. The zero-order valence-electron chi connectivity index (χ0n) is 11.1. The van der Waals surface area contributed by atoms with Crippen molar-refractivity contribution in [2.75, 3.05) is 11.9 Å². The van der Waals surface area contributed by atoms with Gasteiger partial charge in [-0.1, -0.05) is 6.07 Å². The molecule has 1 heterocycles. The van der Waals surface area contributed by atoms with Crippen LogP contribution in [0, 0.1) is 13.8 Å². The highest BCUT2D eigenvalue weighted by atomic mass is 16.4. The maximum Gasteiger partial charge on any atom is 0.356 e. The minimum Gasteiger partial charge on any atom is -0.476 e. The van der Waals surface area contributed by atoms with E-state index >= 15 is 0 Å². The maximum atomic E-state index is 10.7. The van der Waals surface area contributed by atoms with Crippen molar-refractivity contribution in [3.8, 4) is 0 Å². The van der Waals surface area contributed by atoms with Gasteiger partial charge in [-0.05, 0) is 49.2 Å². The van der Waals surface area contributed by atoms with Gasteiger partial charge < -0.3 is 10.0 Å². The summed E-state index contributed by atoms with van der Waals surface area (Å²) in [5.74, 6) is -0.469. The van der Waals surface area contributed by atoms with E-state index in [4.69, 9.17) is 5.11 Å². The first kappa shape index (κ1) is 13.0. The van der Waals surface area contributed by atoms with Crippen LogP contribution in [0.3, 0.4) is 0 Å². The first-order valence-corrected chi connectivity index (χ1v) is 5.86. The molecule has 2 rings (SSSR count). The summed E-state index contributed by atoms with van der Waals surface area (Å²) in [7, 11) is 1.87. The van der Waals surface area contributed by atoms with Crippen molar-refractivity contribution in [1.82, 2.24) is 10.2 Å². The molecule has 0 spiro atoms. The van der Waals surface area contributed by atoms with E-state index in [2.05, 4.69) is 16.3 Å². The summed E-state index contributed by atoms with van der Waals surface area (Å²) in [5.41, 5.74) is 3.27. The van der Waals surface area contributed by atoms with Gasteiger partial charge in [0, 0.05) is 12.7 Å². The Kier molecular flexibility index (Phi) is 3.46. The van der Waals surface area contributed by atoms with Crippen LogP contribution in [0.2, 0.25) is 0 Å². The molecule has 0 radical (unpaired) electrons. The molecule has 5 nitrogen and oxygen atoms in total. The van der Waals surface area contributed by atoms with Crippen LogP contribution >= 0.6 is 0 Å². The number of hydrogen-bond donors (Lipinski definition) is 1. The summed E-state index contributed by atoms with van der Waals surface area (Å²) < 4.78 is 0. The fourth-order valence-electron chi connectivity index (χ4n) is 1.89. The van der Waals surface area contributed by atoms with Crippen molar-refractivity contribution in [1.29, 1.82) is 0 Å². The van der Waals surface area contributed by atoms with Gasteiger partial charge in [-0.2, -0.15) is 0 Å². The Hall–Kier alpha value is -2.43. The molecule has 2 aromatic rings. The normalized spacial score (nSPS) is 10.3. The summed E-state index contributed by atoms with van der Waals surface area (Å²) in [4.78, 5) is 12.6. The van der Waals surface area contributed by atoms with Crippen molar-refractivity contribution in [2.24, 2.45) is 0 Å². The highest BCUT2D eigenvalue weighted by molar-refractivity contribution is 5.85. The highest BCUT2D eigenvalue weighted by Gasteiger charge is 2.09. The minimum absolute atomic E-state index is 0.0578. The number of benzene rings is 1. The molecule has 0 aliphatic carbocycles. The van der Waals surface area contributed by atoms with E-state index in [0.29, 0.717) is 5.82 Å². The van der Waals surface area contributed by atoms with Gasteiger partial charge in [0.05, 0.1) is 0 Å². The Bertz CT molecular complexity index is 588. The van der Waals surface area contributed by atoms with E-state index in [-0.39, 0.29) is 5.69 Å². The third kappa shape index (κ3) is 2.88. The molecule has 0 fully saturated rings. The first-order chi connectivity index (χ1) is 8.97. The number of nitrogens with zero attached hydrogens (tertiary/aromatic N) is 3. The average Bonchev–Trinajstić information content (AvgIpc) is 2.37. The number of aryl methyl sites for hydroxylation is 2. The maximum absolute atomic E-state index is 10.7. The molecule has 5 heteroatoms. The molecule has 0 atom stereocenters. The molecule has 98 valence electrons. The largest absolute Gasteiger partial charge is 0.476 e. The predicted molar refractivity (Wildman–Crippen MR) is 73.0 cm³/mol. The van der Waals surface area contributed by atoms with Gasteiger partial charge in [-0.25, -0.2) is 4.79 Å². The van der Waals surface area contributed by atoms with Gasteiger partial charge in [0.2, 0.25) is 0 Å². The number of carboxylic acids is 1. The number of carboxylic acid groups (broad SMARTS) is 1. The Labute approximate surface area is 111 Å². The Morgan fingerprint density at radius 2 is 1.74 bits per heavy atom. The standard InChI is InChI=1S/C14H15N3O2/c1-9-6-10(2)8-11(7-9)17(3)13-5-4-12(14(18)19)15-16-13/h4-8H,1-3H3,(H,18,19). The number of carbonyl (C=O) groups is 1. The topological polar surface area (TPSA) is 66.3 Å². The molecule has 0 saturated carbocycles. The number of rotatable bonds is 3. The number of aromatic carboxylic acids is 1. The average molecular weight is 257 g/mol. The lowest BCUT2D eigenvalue weighted by Crippen LogP contribution is -2.13. The quantitative estimate of drug-likeness (QED) is 0.915. The third-order valence-electron chi connectivity index (χ3n) is 2.81. The smallest absolute Gasteiger partial charge is 0.356 e. The molecule has 19 heavy (non-hydrogen) atoms. The second kappa shape index (κ2) is 5.06. The number of aromatic nitrogens is 2. The second-order valence-electron chi connectivity index (χ2n) is 4.49. The zero-order chi connectivity index (χ0) is 14.0. The van der Waals surface area contributed by atoms with Crippen LogP contribution in [0.15, 0.2) is 30.3 Å². The van der Waals surface area contributed by atoms with Crippen LogP contribution in [0.5, 0.6) is 0 Å². The third-order valence-corrected chi connectivity index (χ3v) is 2.81. The van der Waals surface area contributed by atoms with E-state index in [1.165, 1.54) is 6.07 Å². The lowest BCUT2D eigenvalue weighted by molar-refractivity contribution is 0.0689. The lowest BCUT2D eigenvalue weighted by atomic mass is 10.1. The van der Waals surface area contributed by atoms with Crippen molar-refractivity contribution in [3.63, 3.8) is 0 Å². The van der Waals surface area contributed by atoms with E-state index in [9.17, 15) is 4.79 Å². The van der Waals surface area contributed by atoms with Crippen LogP contribution in [0.4, 0.5) is 11.5 Å². The van der Waals surface area contributed by atoms with Crippen LogP contribution in [-0.4, -0.2) is 28.3 Å².